The molecule has 0 fully saturated rings. The Morgan fingerprint density at radius 3 is 2.41 bits per heavy atom. The molecule has 0 aromatic heterocycles. The Balaban J connectivity index is 1.91. The first-order valence-electron chi connectivity index (χ1n) is 9.23. The molecule has 168 valence electrons. The third kappa shape index (κ3) is 4.94. The number of rotatable bonds is 8. The largest absolute Gasteiger partial charge is 0.459 e. The van der Waals surface area contributed by atoms with Crippen molar-refractivity contribution in [3.8, 4) is 0 Å². The van der Waals surface area contributed by atoms with Crippen molar-refractivity contribution >= 4 is 44.9 Å². The first-order valence-corrected chi connectivity index (χ1v) is 11.7. The van der Waals surface area contributed by atoms with E-state index in [1.807, 2.05) is 0 Å². The lowest BCUT2D eigenvalue weighted by atomic mass is 10.1. The van der Waals surface area contributed by atoms with E-state index in [9.17, 15) is 32.9 Å². The Morgan fingerprint density at radius 2 is 1.81 bits per heavy atom. The summed E-state index contributed by atoms with van der Waals surface area (Å²) in [7, 11) is -3.56. The summed E-state index contributed by atoms with van der Waals surface area (Å²) in [6.07, 6.45) is 0.522. The molecule has 2 aromatic carbocycles. The van der Waals surface area contributed by atoms with Crippen LogP contribution in [0.25, 0.3) is 0 Å². The van der Waals surface area contributed by atoms with Crippen LogP contribution < -0.4 is 0 Å². The van der Waals surface area contributed by atoms with Crippen LogP contribution >= 0.6 is 11.6 Å². The number of amides is 2. The molecule has 10 nitrogen and oxygen atoms in total. The van der Waals surface area contributed by atoms with Crippen LogP contribution in [0.15, 0.2) is 42.5 Å². The van der Waals surface area contributed by atoms with E-state index in [1.165, 1.54) is 12.1 Å². The van der Waals surface area contributed by atoms with E-state index in [1.54, 1.807) is 24.3 Å². The second-order valence-electron chi connectivity index (χ2n) is 7.11. The maximum absolute atomic E-state index is 12.9. The number of ether oxygens (including phenoxy) is 1. The average Bonchev–Trinajstić information content (AvgIpc) is 2.98. The fourth-order valence-electron chi connectivity index (χ4n) is 3.23. The van der Waals surface area contributed by atoms with Crippen LogP contribution in [0.4, 0.5) is 5.69 Å². The van der Waals surface area contributed by atoms with Gasteiger partial charge in [0, 0.05) is 17.3 Å². The molecule has 1 heterocycles. The molecule has 1 aliphatic heterocycles. The molecule has 0 unspecified atom stereocenters. The quantitative estimate of drug-likeness (QED) is 0.242. The van der Waals surface area contributed by atoms with Crippen molar-refractivity contribution < 1.29 is 32.5 Å². The summed E-state index contributed by atoms with van der Waals surface area (Å²) in [4.78, 5) is 49.7. The molecule has 12 heteroatoms. The molecule has 0 saturated carbocycles. The number of sulfone groups is 1. The summed E-state index contributed by atoms with van der Waals surface area (Å²) in [5, 5.41) is 11.8. The van der Waals surface area contributed by atoms with Crippen LogP contribution in [0.5, 0.6) is 0 Å². The molecule has 0 bridgehead atoms. The number of hydrogen-bond acceptors (Lipinski definition) is 8. The van der Waals surface area contributed by atoms with Crippen LogP contribution in [0.3, 0.4) is 0 Å². The van der Waals surface area contributed by atoms with Crippen molar-refractivity contribution in [1.29, 1.82) is 0 Å². The molecular formula is C20H17ClN2O8S. The molecule has 32 heavy (non-hydrogen) atoms. The van der Waals surface area contributed by atoms with Crippen LogP contribution in [0, 0.1) is 10.1 Å². The second kappa shape index (κ2) is 9.05. The van der Waals surface area contributed by atoms with Crippen LogP contribution in [-0.4, -0.2) is 54.1 Å². The Labute approximate surface area is 187 Å². The number of hydrogen-bond donors (Lipinski definition) is 0. The van der Waals surface area contributed by atoms with Gasteiger partial charge < -0.3 is 4.74 Å². The monoisotopic (exact) mass is 480 g/mol. The zero-order valence-corrected chi connectivity index (χ0v) is 18.3. The van der Waals surface area contributed by atoms with Gasteiger partial charge in [-0.3, -0.25) is 24.6 Å². The maximum Gasteiger partial charge on any atom is 0.329 e. The third-order valence-corrected chi connectivity index (χ3v) is 5.99. The predicted octanol–water partition coefficient (Wildman–Crippen LogP) is 2.39. The minimum Gasteiger partial charge on any atom is -0.459 e. The Hall–Kier alpha value is -3.31. The Morgan fingerprint density at radius 1 is 1.16 bits per heavy atom. The number of benzene rings is 2. The molecule has 2 aromatic rings. The van der Waals surface area contributed by atoms with Gasteiger partial charge in [0.1, 0.15) is 28.0 Å². The van der Waals surface area contributed by atoms with Crippen molar-refractivity contribution in [2.75, 3.05) is 12.0 Å². The molecule has 0 radical (unpaired) electrons. The lowest BCUT2D eigenvalue weighted by Gasteiger charge is -2.24. The molecular weight excluding hydrogens is 464 g/mol. The number of halogens is 1. The minimum atomic E-state index is -3.56. The highest BCUT2D eigenvalue weighted by Crippen LogP contribution is 2.33. The summed E-state index contributed by atoms with van der Waals surface area (Å²) >= 11 is 5.81. The normalized spacial score (nSPS) is 14.2. The van der Waals surface area contributed by atoms with Gasteiger partial charge in [0.2, 0.25) is 0 Å². The van der Waals surface area contributed by atoms with Gasteiger partial charge in [-0.2, -0.15) is 0 Å². The van der Waals surface area contributed by atoms with Crippen molar-refractivity contribution in [1.82, 2.24) is 4.90 Å². The number of fused-ring (bicyclic) bond motifs is 1. The summed E-state index contributed by atoms with van der Waals surface area (Å²) in [6, 6.07) is 8.33. The van der Waals surface area contributed by atoms with Crippen molar-refractivity contribution in [3.63, 3.8) is 0 Å². The van der Waals surface area contributed by atoms with Gasteiger partial charge in [0.05, 0.1) is 16.2 Å². The topological polar surface area (TPSA) is 141 Å². The van der Waals surface area contributed by atoms with E-state index in [0.29, 0.717) is 15.5 Å². The van der Waals surface area contributed by atoms with E-state index in [-0.39, 0.29) is 12.2 Å². The van der Waals surface area contributed by atoms with Crippen LogP contribution in [-0.2, 0) is 26.0 Å². The molecule has 3 rings (SSSR count). The van der Waals surface area contributed by atoms with Gasteiger partial charge in [-0.15, -0.1) is 0 Å². The molecule has 2 amide bonds. The SMILES string of the molecule is CS(=O)(=O)CC[C@@H](C(=O)OCc1ccc(Cl)cc1)N1C(=O)c2cccc([N+](=O)[O-])c2C1=O. The Kier molecular flexibility index (Phi) is 6.60. The number of nitro groups is 1. The molecule has 0 N–H and O–H groups in total. The van der Waals surface area contributed by atoms with Crippen molar-refractivity contribution in [2.45, 2.75) is 19.1 Å². The fraction of sp³-hybridized carbons (Fsp3) is 0.250. The lowest BCUT2D eigenvalue weighted by molar-refractivity contribution is -0.385. The number of imide groups is 1. The number of carbonyl (C=O) groups excluding carboxylic acids is 3. The average molecular weight is 481 g/mol. The second-order valence-corrected chi connectivity index (χ2v) is 9.80. The van der Waals surface area contributed by atoms with Crippen LogP contribution in [0.1, 0.15) is 32.7 Å². The van der Waals surface area contributed by atoms with E-state index in [2.05, 4.69) is 0 Å². The highest BCUT2D eigenvalue weighted by molar-refractivity contribution is 7.90. The number of esters is 1. The first-order chi connectivity index (χ1) is 15.0. The molecule has 0 saturated heterocycles. The van der Waals surface area contributed by atoms with Gasteiger partial charge in [0.25, 0.3) is 17.5 Å². The minimum absolute atomic E-state index is 0.214. The third-order valence-electron chi connectivity index (χ3n) is 4.76. The summed E-state index contributed by atoms with van der Waals surface area (Å²) in [6.45, 7) is -0.214. The van der Waals surface area contributed by atoms with Gasteiger partial charge in [-0.1, -0.05) is 29.8 Å². The van der Waals surface area contributed by atoms with E-state index in [0.717, 1.165) is 12.3 Å². The van der Waals surface area contributed by atoms with Gasteiger partial charge in [-0.25, -0.2) is 13.2 Å². The standard InChI is InChI=1S/C20H17ClN2O8S/c1-32(29,30)10-9-16(20(26)31-11-12-5-7-13(21)8-6-12)22-18(24)14-3-2-4-15(23(27)28)17(14)19(22)25/h2-8,16H,9-11H2,1H3/t16-/m0/s1. The Bertz CT molecular complexity index is 1210. The van der Waals surface area contributed by atoms with E-state index in [4.69, 9.17) is 16.3 Å². The summed E-state index contributed by atoms with van der Waals surface area (Å²) < 4.78 is 28.6. The molecule has 0 spiro atoms. The lowest BCUT2D eigenvalue weighted by Crippen LogP contribution is -2.46. The first kappa shape index (κ1) is 23.4. The van der Waals surface area contributed by atoms with Crippen molar-refractivity contribution in [3.05, 3.63) is 74.3 Å². The highest BCUT2D eigenvalue weighted by atomic mass is 35.5. The zero-order valence-electron chi connectivity index (χ0n) is 16.7. The summed E-state index contributed by atoms with van der Waals surface area (Å²) in [5.41, 5.74) is -0.696. The smallest absolute Gasteiger partial charge is 0.329 e. The predicted molar refractivity (Wildman–Crippen MR) is 113 cm³/mol. The van der Waals surface area contributed by atoms with Crippen LogP contribution in [0.2, 0.25) is 5.02 Å². The van der Waals surface area contributed by atoms with Gasteiger partial charge in [-0.05, 0) is 30.2 Å². The number of nitro benzene ring substituents is 1. The van der Waals surface area contributed by atoms with Gasteiger partial charge >= 0.3 is 5.97 Å². The summed E-state index contributed by atoms with van der Waals surface area (Å²) in [5.74, 6) is -3.51. The molecule has 0 aliphatic carbocycles. The molecule has 1 atom stereocenters. The number of carbonyl (C=O) groups is 3. The van der Waals surface area contributed by atoms with Gasteiger partial charge in [0.15, 0.2) is 0 Å². The maximum atomic E-state index is 12.9. The fourth-order valence-corrected chi connectivity index (χ4v) is 4.01. The highest BCUT2D eigenvalue weighted by Gasteiger charge is 2.47. The van der Waals surface area contributed by atoms with E-state index < -0.39 is 62.0 Å². The van der Waals surface area contributed by atoms with E-state index >= 15 is 0 Å². The molecule has 1 aliphatic rings. The number of nitrogens with zero attached hydrogens (tertiary/aromatic N) is 2. The zero-order chi connectivity index (χ0) is 23.6. The van der Waals surface area contributed by atoms with Crippen molar-refractivity contribution in [2.24, 2.45) is 0 Å².